The number of aromatic carboxylic acids is 1. The number of thioether (sulfide) groups is 1. The normalized spacial score (nSPS) is 14.6. The predicted molar refractivity (Wildman–Crippen MR) is 175 cm³/mol. The summed E-state index contributed by atoms with van der Waals surface area (Å²) in [7, 11) is 0. The number of hydrogen-bond acceptors (Lipinski definition) is 8. The van der Waals surface area contributed by atoms with Gasteiger partial charge >= 0.3 is 11.9 Å². The second-order valence-electron chi connectivity index (χ2n) is 9.91. The zero-order chi connectivity index (χ0) is 31.7. The van der Waals surface area contributed by atoms with Gasteiger partial charge in [-0.15, -0.1) is 11.8 Å². The van der Waals surface area contributed by atoms with Crippen molar-refractivity contribution in [3.8, 4) is 11.3 Å². The monoisotopic (exact) mass is 656 g/mol. The van der Waals surface area contributed by atoms with Gasteiger partial charge in [-0.25, -0.2) is 14.6 Å². The molecular weight excluding hydrogens is 632 g/mol. The van der Waals surface area contributed by atoms with E-state index < -0.39 is 18.0 Å². The Labute approximate surface area is 270 Å². The third-order valence-corrected chi connectivity index (χ3v) is 9.24. The minimum absolute atomic E-state index is 0.0675. The first-order valence-corrected chi connectivity index (χ1v) is 16.3. The summed E-state index contributed by atoms with van der Waals surface area (Å²) in [6.45, 7) is 1.90. The SMILES string of the molecule is CCOC(=O)C1=C(c2ccccc2)N=c2s/c(=C\c3ccc(-c4cc(C(=O)O)ccc4Cl)o3)c(=O)n2[C@@H]1c1ccc(SC)cc1. The Morgan fingerprint density at radius 3 is 2.53 bits per heavy atom. The van der Waals surface area contributed by atoms with Crippen LogP contribution >= 0.6 is 34.7 Å². The van der Waals surface area contributed by atoms with Crippen molar-refractivity contribution >= 4 is 58.4 Å². The number of aromatic nitrogens is 1. The number of nitrogens with zero attached hydrogens (tertiary/aromatic N) is 2. The van der Waals surface area contributed by atoms with Gasteiger partial charge in [0.1, 0.15) is 11.5 Å². The van der Waals surface area contributed by atoms with Crippen molar-refractivity contribution in [2.75, 3.05) is 12.9 Å². The van der Waals surface area contributed by atoms with E-state index in [0.717, 1.165) is 16.0 Å². The standard InChI is InChI=1S/C34H25ClN2O6S2/c1-3-42-33(41)28-29(19-7-5-4-6-8-19)36-34-37(30(28)20-9-13-23(44-2)14-10-20)31(38)27(45-34)18-22-12-16-26(43-22)24-17-21(32(39)40)11-15-25(24)35/h4-18,30H,3H2,1-2H3,(H,39,40)/b27-18-/t30-/m1/s1. The molecule has 0 saturated heterocycles. The number of hydrogen-bond donors (Lipinski definition) is 1. The van der Waals surface area contributed by atoms with Crippen LogP contribution in [0.5, 0.6) is 0 Å². The number of rotatable bonds is 8. The number of esters is 1. The molecule has 0 fully saturated rings. The molecule has 0 saturated carbocycles. The van der Waals surface area contributed by atoms with E-state index in [1.807, 2.05) is 60.9 Å². The van der Waals surface area contributed by atoms with Crippen LogP contribution < -0.4 is 14.9 Å². The van der Waals surface area contributed by atoms with E-state index in [9.17, 15) is 19.5 Å². The third kappa shape index (κ3) is 5.92. The van der Waals surface area contributed by atoms with Gasteiger partial charge in [-0.3, -0.25) is 9.36 Å². The van der Waals surface area contributed by atoms with Crippen molar-refractivity contribution in [1.82, 2.24) is 4.57 Å². The summed E-state index contributed by atoms with van der Waals surface area (Å²) in [5.41, 5.74) is 2.30. The van der Waals surface area contributed by atoms with Gasteiger partial charge in [0.15, 0.2) is 4.80 Å². The maximum atomic E-state index is 14.1. The summed E-state index contributed by atoms with van der Waals surface area (Å²) in [5, 5.41) is 9.73. The quantitative estimate of drug-likeness (QED) is 0.155. The number of halogens is 1. The fourth-order valence-electron chi connectivity index (χ4n) is 5.09. The maximum absolute atomic E-state index is 14.1. The average molecular weight is 657 g/mol. The van der Waals surface area contributed by atoms with Crippen LogP contribution in [0.4, 0.5) is 0 Å². The van der Waals surface area contributed by atoms with Crippen molar-refractivity contribution in [2.24, 2.45) is 4.99 Å². The minimum atomic E-state index is -1.09. The van der Waals surface area contributed by atoms with Crippen molar-refractivity contribution in [3.05, 3.63) is 138 Å². The molecule has 226 valence electrons. The van der Waals surface area contributed by atoms with E-state index in [0.29, 0.717) is 37.1 Å². The molecule has 0 unspecified atom stereocenters. The highest BCUT2D eigenvalue weighted by Gasteiger charge is 2.35. The van der Waals surface area contributed by atoms with E-state index >= 15 is 0 Å². The van der Waals surface area contributed by atoms with Gasteiger partial charge in [0, 0.05) is 22.1 Å². The number of carboxylic acid groups (broad SMARTS) is 1. The van der Waals surface area contributed by atoms with E-state index in [2.05, 4.69) is 0 Å². The summed E-state index contributed by atoms with van der Waals surface area (Å²) < 4.78 is 13.4. The minimum Gasteiger partial charge on any atom is -0.478 e. The molecule has 6 rings (SSSR count). The number of carbonyl (C=O) groups is 2. The lowest BCUT2D eigenvalue weighted by atomic mass is 9.93. The maximum Gasteiger partial charge on any atom is 0.338 e. The van der Waals surface area contributed by atoms with E-state index in [-0.39, 0.29) is 23.3 Å². The van der Waals surface area contributed by atoms with Crippen LogP contribution in [0.2, 0.25) is 5.02 Å². The molecule has 0 aliphatic carbocycles. The van der Waals surface area contributed by atoms with Gasteiger partial charge in [0.25, 0.3) is 5.56 Å². The molecule has 0 bridgehead atoms. The lowest BCUT2D eigenvalue weighted by Crippen LogP contribution is -2.40. The van der Waals surface area contributed by atoms with Gasteiger partial charge in [-0.05, 0) is 61.2 Å². The molecule has 3 heterocycles. The lowest BCUT2D eigenvalue weighted by molar-refractivity contribution is -0.138. The molecule has 5 aromatic rings. The number of carboxylic acids is 1. The third-order valence-electron chi connectivity index (χ3n) is 7.18. The van der Waals surface area contributed by atoms with Gasteiger partial charge in [0.05, 0.1) is 39.0 Å². The summed E-state index contributed by atoms with van der Waals surface area (Å²) in [5.74, 6) is -0.925. The van der Waals surface area contributed by atoms with Crippen molar-refractivity contribution in [2.45, 2.75) is 17.9 Å². The van der Waals surface area contributed by atoms with E-state index in [1.54, 1.807) is 36.9 Å². The van der Waals surface area contributed by atoms with Gasteiger partial charge in [0.2, 0.25) is 0 Å². The number of thiazole rings is 1. The van der Waals surface area contributed by atoms with Crippen molar-refractivity contribution in [3.63, 3.8) is 0 Å². The van der Waals surface area contributed by atoms with Crippen LogP contribution in [-0.2, 0) is 9.53 Å². The molecule has 0 radical (unpaired) electrons. The van der Waals surface area contributed by atoms with Gasteiger partial charge in [-0.2, -0.15) is 0 Å². The molecule has 1 atom stereocenters. The molecule has 1 aliphatic heterocycles. The van der Waals surface area contributed by atoms with E-state index in [4.69, 9.17) is 25.7 Å². The first-order chi connectivity index (χ1) is 21.8. The van der Waals surface area contributed by atoms with Crippen LogP contribution in [0, 0.1) is 0 Å². The summed E-state index contributed by atoms with van der Waals surface area (Å²) in [6.07, 6.45) is 3.58. The molecule has 3 aromatic carbocycles. The highest BCUT2D eigenvalue weighted by Crippen LogP contribution is 2.36. The Bertz CT molecular complexity index is 2150. The Balaban J connectivity index is 1.54. The zero-order valence-electron chi connectivity index (χ0n) is 24.0. The Morgan fingerprint density at radius 2 is 1.84 bits per heavy atom. The number of fused-ring (bicyclic) bond motifs is 1. The molecule has 1 N–H and O–H groups in total. The molecule has 11 heteroatoms. The predicted octanol–water partition coefficient (Wildman–Crippen LogP) is 6.27. The number of furan rings is 1. The fourth-order valence-corrected chi connectivity index (χ4v) is 6.69. The van der Waals surface area contributed by atoms with Crippen LogP contribution in [0.15, 0.2) is 110 Å². The number of carbonyl (C=O) groups excluding carboxylic acids is 1. The fraction of sp³-hybridized carbons (Fsp3) is 0.118. The summed E-state index contributed by atoms with van der Waals surface area (Å²) >= 11 is 9.12. The molecule has 0 spiro atoms. The Kier molecular flexibility index (Phi) is 8.62. The summed E-state index contributed by atoms with van der Waals surface area (Å²) in [6, 6.07) is 24.0. The molecule has 45 heavy (non-hydrogen) atoms. The average Bonchev–Trinajstić information content (AvgIpc) is 3.64. The van der Waals surface area contributed by atoms with E-state index in [1.165, 1.54) is 34.1 Å². The highest BCUT2D eigenvalue weighted by atomic mass is 35.5. The number of ether oxygens (including phenoxy) is 1. The highest BCUT2D eigenvalue weighted by molar-refractivity contribution is 7.98. The van der Waals surface area contributed by atoms with Crippen LogP contribution in [0.3, 0.4) is 0 Å². The number of benzene rings is 3. The van der Waals surface area contributed by atoms with Crippen LogP contribution in [0.1, 0.15) is 40.2 Å². The Morgan fingerprint density at radius 1 is 1.09 bits per heavy atom. The molecule has 8 nitrogen and oxygen atoms in total. The smallest absolute Gasteiger partial charge is 0.338 e. The van der Waals surface area contributed by atoms with Gasteiger partial charge in [-0.1, -0.05) is 65.4 Å². The van der Waals surface area contributed by atoms with Crippen LogP contribution in [-0.4, -0.2) is 34.5 Å². The first kappa shape index (κ1) is 30.4. The van der Waals surface area contributed by atoms with Crippen molar-refractivity contribution in [1.29, 1.82) is 0 Å². The van der Waals surface area contributed by atoms with Gasteiger partial charge < -0.3 is 14.3 Å². The largest absolute Gasteiger partial charge is 0.478 e. The topological polar surface area (TPSA) is 111 Å². The first-order valence-electron chi connectivity index (χ1n) is 13.8. The van der Waals surface area contributed by atoms with Crippen molar-refractivity contribution < 1.29 is 23.8 Å². The zero-order valence-corrected chi connectivity index (χ0v) is 26.4. The second-order valence-corrected chi connectivity index (χ2v) is 12.2. The molecule has 0 amide bonds. The van der Waals surface area contributed by atoms with Crippen LogP contribution in [0.25, 0.3) is 23.1 Å². The second kappa shape index (κ2) is 12.8. The molecule has 1 aliphatic rings. The molecule has 2 aromatic heterocycles. The molecular formula is C34H25ClN2O6S2. The lowest BCUT2D eigenvalue weighted by Gasteiger charge is -2.26. The Hall–Kier alpha value is -4.64. The summed E-state index contributed by atoms with van der Waals surface area (Å²) in [4.78, 5) is 45.5.